The molecule has 0 aromatic rings. The summed E-state index contributed by atoms with van der Waals surface area (Å²) in [4.78, 5) is 0. The zero-order valence-corrected chi connectivity index (χ0v) is 8.97. The summed E-state index contributed by atoms with van der Waals surface area (Å²) in [7, 11) is 0. The fraction of sp³-hybridized carbons (Fsp3) is 0.833. The zero-order valence-electron chi connectivity index (χ0n) is 8.97. The Morgan fingerprint density at radius 2 is 2.36 bits per heavy atom. The van der Waals surface area contributed by atoms with Gasteiger partial charge in [0.15, 0.2) is 0 Å². The lowest BCUT2D eigenvalue weighted by atomic mass is 10.1. The summed E-state index contributed by atoms with van der Waals surface area (Å²) in [6, 6.07) is 0.594. The van der Waals surface area contributed by atoms with Gasteiger partial charge in [-0.05, 0) is 51.0 Å². The summed E-state index contributed by atoms with van der Waals surface area (Å²) in [5, 5.41) is 3.59. The minimum atomic E-state index is 0.594. The predicted octanol–water partition coefficient (Wildman–Crippen LogP) is 1.81. The van der Waals surface area contributed by atoms with E-state index >= 15 is 0 Å². The zero-order chi connectivity index (χ0) is 9.80. The molecule has 0 aliphatic heterocycles. The number of allylic oxidation sites excluding steroid dienone is 1. The summed E-state index contributed by atoms with van der Waals surface area (Å²) < 4.78 is 0. The van der Waals surface area contributed by atoms with Crippen LogP contribution in [0, 0.1) is 5.92 Å². The maximum absolute atomic E-state index is 5.73. The first-order chi connectivity index (χ1) is 6.90. The molecular formula is C12H22N2. The van der Waals surface area contributed by atoms with Crippen LogP contribution in [0.2, 0.25) is 0 Å². The molecule has 0 heterocycles. The average Bonchev–Trinajstić information content (AvgIpc) is 2.91. The van der Waals surface area contributed by atoms with E-state index in [0.29, 0.717) is 6.04 Å². The van der Waals surface area contributed by atoms with Gasteiger partial charge in [-0.15, -0.1) is 0 Å². The van der Waals surface area contributed by atoms with E-state index in [0.717, 1.165) is 19.0 Å². The van der Waals surface area contributed by atoms with Crippen molar-refractivity contribution in [3.8, 4) is 0 Å². The number of hydrogen-bond acceptors (Lipinski definition) is 2. The Bertz CT molecular complexity index is 206. The van der Waals surface area contributed by atoms with Crippen LogP contribution in [0.25, 0.3) is 0 Å². The molecule has 3 N–H and O–H groups in total. The molecule has 1 saturated carbocycles. The molecule has 0 amide bonds. The van der Waals surface area contributed by atoms with Gasteiger partial charge in [-0.1, -0.05) is 11.6 Å². The van der Waals surface area contributed by atoms with Crippen molar-refractivity contribution in [3.63, 3.8) is 0 Å². The third kappa shape index (κ3) is 2.82. The molecular weight excluding hydrogens is 172 g/mol. The van der Waals surface area contributed by atoms with Crippen LogP contribution in [-0.4, -0.2) is 19.1 Å². The standard InChI is InChI=1S/C12H22N2/c13-9-12(11-5-6-11)14-8-7-10-3-1-2-4-10/h3,11-12,14H,1-2,4-9,13H2. The van der Waals surface area contributed by atoms with Crippen LogP contribution >= 0.6 is 0 Å². The SMILES string of the molecule is NCC(NCCC1=CCCC1)C1CC1. The van der Waals surface area contributed by atoms with Gasteiger partial charge in [0.2, 0.25) is 0 Å². The number of nitrogens with two attached hydrogens (primary N) is 1. The summed E-state index contributed by atoms with van der Waals surface area (Å²) in [6.07, 6.45) is 10.4. The summed E-state index contributed by atoms with van der Waals surface area (Å²) >= 11 is 0. The maximum Gasteiger partial charge on any atom is 0.0218 e. The first-order valence-electron chi connectivity index (χ1n) is 6.01. The van der Waals surface area contributed by atoms with Gasteiger partial charge in [0.25, 0.3) is 0 Å². The van der Waals surface area contributed by atoms with Crippen molar-refractivity contribution in [2.45, 2.75) is 44.6 Å². The Morgan fingerprint density at radius 3 is 2.93 bits per heavy atom. The number of rotatable bonds is 6. The van der Waals surface area contributed by atoms with E-state index in [-0.39, 0.29) is 0 Å². The van der Waals surface area contributed by atoms with E-state index in [1.165, 1.54) is 38.5 Å². The lowest BCUT2D eigenvalue weighted by Crippen LogP contribution is -2.38. The molecule has 2 aliphatic rings. The molecule has 0 saturated heterocycles. The van der Waals surface area contributed by atoms with Crippen LogP contribution in [-0.2, 0) is 0 Å². The van der Waals surface area contributed by atoms with Gasteiger partial charge in [0.1, 0.15) is 0 Å². The first kappa shape index (κ1) is 10.2. The summed E-state index contributed by atoms with van der Waals surface area (Å²) in [6.45, 7) is 1.94. The molecule has 1 fully saturated rings. The van der Waals surface area contributed by atoms with E-state index in [1.807, 2.05) is 0 Å². The van der Waals surface area contributed by atoms with Crippen LogP contribution < -0.4 is 11.1 Å². The first-order valence-corrected chi connectivity index (χ1v) is 6.01. The highest BCUT2D eigenvalue weighted by Crippen LogP contribution is 2.32. The molecule has 2 nitrogen and oxygen atoms in total. The summed E-state index contributed by atoms with van der Waals surface area (Å²) in [5.74, 6) is 0.887. The van der Waals surface area contributed by atoms with Gasteiger partial charge in [0.05, 0.1) is 0 Å². The van der Waals surface area contributed by atoms with Gasteiger partial charge in [-0.2, -0.15) is 0 Å². The molecule has 0 aromatic heterocycles. The minimum absolute atomic E-state index is 0.594. The van der Waals surface area contributed by atoms with E-state index in [1.54, 1.807) is 5.57 Å². The highest BCUT2D eigenvalue weighted by atomic mass is 14.9. The van der Waals surface area contributed by atoms with Crippen LogP contribution in [0.4, 0.5) is 0 Å². The van der Waals surface area contributed by atoms with E-state index in [2.05, 4.69) is 11.4 Å². The topological polar surface area (TPSA) is 38.0 Å². The average molecular weight is 194 g/mol. The van der Waals surface area contributed by atoms with Gasteiger partial charge in [-0.25, -0.2) is 0 Å². The van der Waals surface area contributed by atoms with E-state index in [4.69, 9.17) is 5.73 Å². The van der Waals surface area contributed by atoms with E-state index in [9.17, 15) is 0 Å². The largest absolute Gasteiger partial charge is 0.329 e. The Labute approximate surface area is 86.9 Å². The fourth-order valence-electron chi connectivity index (χ4n) is 2.32. The molecule has 2 aliphatic carbocycles. The van der Waals surface area contributed by atoms with Crippen LogP contribution in [0.5, 0.6) is 0 Å². The number of hydrogen-bond donors (Lipinski definition) is 2. The van der Waals surface area contributed by atoms with Crippen molar-refractivity contribution in [1.82, 2.24) is 5.32 Å². The highest BCUT2D eigenvalue weighted by molar-refractivity contribution is 5.07. The molecule has 14 heavy (non-hydrogen) atoms. The van der Waals surface area contributed by atoms with Crippen molar-refractivity contribution in [2.75, 3.05) is 13.1 Å². The van der Waals surface area contributed by atoms with Gasteiger partial charge >= 0.3 is 0 Å². The van der Waals surface area contributed by atoms with Crippen molar-refractivity contribution in [2.24, 2.45) is 11.7 Å². The molecule has 0 radical (unpaired) electrons. The second kappa shape index (κ2) is 4.94. The molecule has 2 rings (SSSR count). The Hall–Kier alpha value is -0.340. The lowest BCUT2D eigenvalue weighted by Gasteiger charge is -2.15. The molecule has 80 valence electrons. The predicted molar refractivity (Wildman–Crippen MR) is 60.1 cm³/mol. The third-order valence-corrected chi connectivity index (χ3v) is 3.43. The van der Waals surface area contributed by atoms with Crippen LogP contribution in [0.15, 0.2) is 11.6 Å². The van der Waals surface area contributed by atoms with Gasteiger partial charge < -0.3 is 11.1 Å². The molecule has 0 aromatic carbocycles. The molecule has 0 spiro atoms. The second-order valence-corrected chi connectivity index (χ2v) is 4.64. The van der Waals surface area contributed by atoms with Crippen molar-refractivity contribution < 1.29 is 0 Å². The number of nitrogens with one attached hydrogen (secondary N) is 1. The Morgan fingerprint density at radius 1 is 1.50 bits per heavy atom. The smallest absolute Gasteiger partial charge is 0.0218 e. The van der Waals surface area contributed by atoms with Gasteiger partial charge in [0, 0.05) is 12.6 Å². The molecule has 2 heteroatoms. The lowest BCUT2D eigenvalue weighted by molar-refractivity contribution is 0.472. The monoisotopic (exact) mass is 194 g/mol. The fourth-order valence-corrected chi connectivity index (χ4v) is 2.32. The highest BCUT2D eigenvalue weighted by Gasteiger charge is 2.29. The second-order valence-electron chi connectivity index (χ2n) is 4.64. The third-order valence-electron chi connectivity index (χ3n) is 3.43. The normalized spacial score (nSPS) is 23.6. The van der Waals surface area contributed by atoms with Crippen molar-refractivity contribution in [3.05, 3.63) is 11.6 Å². The van der Waals surface area contributed by atoms with Crippen LogP contribution in [0.3, 0.4) is 0 Å². The minimum Gasteiger partial charge on any atom is -0.329 e. The molecule has 1 unspecified atom stereocenters. The Balaban J connectivity index is 1.60. The van der Waals surface area contributed by atoms with Gasteiger partial charge in [-0.3, -0.25) is 0 Å². The Kier molecular flexibility index (Phi) is 3.60. The molecule has 1 atom stereocenters. The van der Waals surface area contributed by atoms with E-state index < -0.39 is 0 Å². The maximum atomic E-state index is 5.73. The quantitative estimate of drug-likeness (QED) is 0.633. The molecule has 0 bridgehead atoms. The van der Waals surface area contributed by atoms with Crippen LogP contribution in [0.1, 0.15) is 38.5 Å². The van der Waals surface area contributed by atoms with Crippen molar-refractivity contribution in [1.29, 1.82) is 0 Å². The van der Waals surface area contributed by atoms with Crippen molar-refractivity contribution >= 4 is 0 Å². The summed E-state index contributed by atoms with van der Waals surface area (Å²) in [5.41, 5.74) is 7.39.